The number of pyridine rings is 1. The molecule has 0 saturated heterocycles. The third-order valence-corrected chi connectivity index (χ3v) is 4.80. The molecule has 0 aliphatic heterocycles. The highest BCUT2D eigenvalue weighted by Crippen LogP contribution is 2.29. The van der Waals surface area contributed by atoms with Crippen LogP contribution in [0.25, 0.3) is 11.4 Å². The van der Waals surface area contributed by atoms with Gasteiger partial charge in [0.05, 0.1) is 12.2 Å². The van der Waals surface area contributed by atoms with Gasteiger partial charge in [-0.3, -0.25) is 0 Å². The van der Waals surface area contributed by atoms with E-state index in [1.54, 1.807) is 19.1 Å². The molecule has 0 atom stereocenters. The summed E-state index contributed by atoms with van der Waals surface area (Å²) < 4.78 is 7.04. The van der Waals surface area contributed by atoms with E-state index >= 15 is 0 Å². The zero-order chi connectivity index (χ0) is 18.5. The molecule has 0 fully saturated rings. The smallest absolute Gasteiger partial charge is 0.339 e. The van der Waals surface area contributed by atoms with Crippen molar-refractivity contribution in [1.82, 2.24) is 19.7 Å². The first kappa shape index (κ1) is 18.1. The van der Waals surface area contributed by atoms with Crippen LogP contribution in [0.2, 0.25) is 0 Å². The van der Waals surface area contributed by atoms with E-state index in [0.717, 1.165) is 33.7 Å². The second-order valence-electron chi connectivity index (χ2n) is 5.57. The van der Waals surface area contributed by atoms with Gasteiger partial charge in [0, 0.05) is 18.3 Å². The van der Waals surface area contributed by atoms with Crippen LogP contribution in [0.3, 0.4) is 0 Å². The number of aryl methyl sites for hydroxylation is 1. The highest BCUT2D eigenvalue weighted by Gasteiger charge is 2.16. The Bertz CT molecular complexity index is 906. The molecule has 3 rings (SSSR count). The lowest BCUT2D eigenvalue weighted by atomic mass is 10.1. The Labute approximate surface area is 156 Å². The second kappa shape index (κ2) is 8.14. The molecule has 0 bridgehead atoms. The van der Waals surface area contributed by atoms with Crippen molar-refractivity contribution < 1.29 is 9.53 Å². The normalized spacial score (nSPS) is 10.7. The summed E-state index contributed by atoms with van der Waals surface area (Å²) in [5.41, 5.74) is 2.66. The summed E-state index contributed by atoms with van der Waals surface area (Å²) in [6.45, 7) is 6.99. The van der Waals surface area contributed by atoms with Crippen molar-refractivity contribution in [3.63, 3.8) is 0 Å². The van der Waals surface area contributed by atoms with Crippen molar-refractivity contribution in [2.45, 2.75) is 37.5 Å². The van der Waals surface area contributed by atoms with Crippen LogP contribution in [0.15, 0.2) is 52.8 Å². The largest absolute Gasteiger partial charge is 0.462 e. The Kier molecular flexibility index (Phi) is 5.68. The summed E-state index contributed by atoms with van der Waals surface area (Å²) in [6, 6.07) is 11.6. The topological polar surface area (TPSA) is 69.9 Å². The number of benzene rings is 1. The van der Waals surface area contributed by atoms with Gasteiger partial charge in [0.1, 0.15) is 5.03 Å². The summed E-state index contributed by atoms with van der Waals surface area (Å²) in [6.07, 6.45) is 1.52. The highest BCUT2D eigenvalue weighted by molar-refractivity contribution is 7.99. The van der Waals surface area contributed by atoms with E-state index in [1.165, 1.54) is 18.0 Å². The zero-order valence-electron chi connectivity index (χ0n) is 15.0. The molecule has 134 valence electrons. The lowest BCUT2D eigenvalue weighted by Crippen LogP contribution is -2.05. The second-order valence-corrected chi connectivity index (χ2v) is 6.56. The molecule has 0 amide bonds. The summed E-state index contributed by atoms with van der Waals surface area (Å²) in [5.74, 6) is 0.478. The number of esters is 1. The molecule has 3 aromatic rings. The minimum atomic E-state index is -0.366. The minimum absolute atomic E-state index is 0.344. The molecule has 2 heterocycles. The molecular weight excluding hydrogens is 348 g/mol. The van der Waals surface area contributed by atoms with Gasteiger partial charge in [0.15, 0.2) is 11.0 Å². The molecule has 0 unspecified atom stereocenters. The van der Waals surface area contributed by atoms with E-state index in [-0.39, 0.29) is 5.97 Å². The average molecular weight is 368 g/mol. The van der Waals surface area contributed by atoms with Gasteiger partial charge in [-0.2, -0.15) is 0 Å². The predicted octanol–water partition coefficient (Wildman–Crippen LogP) is 4.00. The molecule has 6 nitrogen and oxygen atoms in total. The number of carbonyl (C=O) groups excluding carboxylic acids is 1. The number of rotatable bonds is 6. The van der Waals surface area contributed by atoms with E-state index in [4.69, 9.17) is 4.74 Å². The Balaban J connectivity index is 1.85. The number of hydrogen-bond acceptors (Lipinski definition) is 6. The lowest BCUT2D eigenvalue weighted by Gasteiger charge is -2.09. The van der Waals surface area contributed by atoms with Gasteiger partial charge in [0.2, 0.25) is 0 Å². The number of aromatic nitrogens is 4. The first-order chi connectivity index (χ1) is 12.6. The van der Waals surface area contributed by atoms with Gasteiger partial charge in [-0.25, -0.2) is 9.78 Å². The van der Waals surface area contributed by atoms with Gasteiger partial charge >= 0.3 is 5.97 Å². The fourth-order valence-corrected chi connectivity index (χ4v) is 3.38. The summed E-state index contributed by atoms with van der Waals surface area (Å²) in [4.78, 5) is 16.0. The third-order valence-electron chi connectivity index (χ3n) is 3.86. The maximum absolute atomic E-state index is 11.7. The quantitative estimate of drug-likeness (QED) is 0.613. The molecule has 2 aromatic heterocycles. The van der Waals surface area contributed by atoms with Crippen LogP contribution in [0, 0.1) is 6.92 Å². The first-order valence-corrected chi connectivity index (χ1v) is 9.26. The van der Waals surface area contributed by atoms with E-state index in [2.05, 4.69) is 39.7 Å². The molecule has 7 heteroatoms. The molecule has 0 aliphatic rings. The molecule has 0 radical (unpaired) electrons. The van der Waals surface area contributed by atoms with E-state index < -0.39 is 0 Å². The van der Waals surface area contributed by atoms with Crippen LogP contribution in [0.4, 0.5) is 0 Å². The SMILES string of the molecule is CCOC(=O)c1ccc(Sc2nnc(-c3ccccc3C)n2CC)nc1. The minimum Gasteiger partial charge on any atom is -0.462 e. The summed E-state index contributed by atoms with van der Waals surface area (Å²) in [7, 11) is 0. The molecule has 0 saturated carbocycles. The third kappa shape index (κ3) is 3.77. The van der Waals surface area contributed by atoms with Crippen molar-refractivity contribution in [1.29, 1.82) is 0 Å². The highest BCUT2D eigenvalue weighted by atomic mass is 32.2. The van der Waals surface area contributed by atoms with E-state index in [0.29, 0.717) is 12.2 Å². The maximum atomic E-state index is 11.7. The van der Waals surface area contributed by atoms with Crippen LogP contribution in [0.5, 0.6) is 0 Å². The van der Waals surface area contributed by atoms with Gasteiger partial charge < -0.3 is 9.30 Å². The molecule has 0 aliphatic carbocycles. The zero-order valence-corrected chi connectivity index (χ0v) is 15.8. The number of nitrogens with zero attached hydrogens (tertiary/aromatic N) is 4. The fourth-order valence-electron chi connectivity index (χ4n) is 2.54. The molecular formula is C19H20N4O2S. The van der Waals surface area contributed by atoms with E-state index in [1.807, 2.05) is 18.2 Å². The number of hydrogen-bond donors (Lipinski definition) is 0. The van der Waals surface area contributed by atoms with Crippen molar-refractivity contribution in [2.24, 2.45) is 0 Å². The Hall–Kier alpha value is -2.67. The Morgan fingerprint density at radius 1 is 1.15 bits per heavy atom. The van der Waals surface area contributed by atoms with Crippen LogP contribution in [0.1, 0.15) is 29.8 Å². The van der Waals surface area contributed by atoms with Crippen molar-refractivity contribution in [2.75, 3.05) is 6.61 Å². The molecule has 1 aromatic carbocycles. The van der Waals surface area contributed by atoms with Gasteiger partial charge in [-0.1, -0.05) is 24.3 Å². The van der Waals surface area contributed by atoms with Crippen LogP contribution in [-0.4, -0.2) is 32.3 Å². The van der Waals surface area contributed by atoms with Crippen molar-refractivity contribution in [3.8, 4) is 11.4 Å². The Morgan fingerprint density at radius 2 is 1.96 bits per heavy atom. The Morgan fingerprint density at radius 3 is 2.62 bits per heavy atom. The van der Waals surface area contributed by atoms with Gasteiger partial charge in [-0.15, -0.1) is 10.2 Å². The fraction of sp³-hybridized carbons (Fsp3) is 0.263. The van der Waals surface area contributed by atoms with Crippen molar-refractivity contribution >= 4 is 17.7 Å². The lowest BCUT2D eigenvalue weighted by molar-refractivity contribution is 0.0525. The van der Waals surface area contributed by atoms with Crippen molar-refractivity contribution in [3.05, 3.63) is 53.7 Å². The van der Waals surface area contributed by atoms with Gasteiger partial charge in [-0.05, 0) is 50.2 Å². The molecule has 26 heavy (non-hydrogen) atoms. The van der Waals surface area contributed by atoms with Crippen LogP contribution in [-0.2, 0) is 11.3 Å². The van der Waals surface area contributed by atoms with Crippen LogP contribution < -0.4 is 0 Å². The number of ether oxygens (including phenoxy) is 1. The summed E-state index contributed by atoms with van der Waals surface area (Å²) in [5, 5.41) is 10.2. The summed E-state index contributed by atoms with van der Waals surface area (Å²) >= 11 is 1.42. The average Bonchev–Trinajstić information content (AvgIpc) is 3.05. The first-order valence-electron chi connectivity index (χ1n) is 8.44. The monoisotopic (exact) mass is 368 g/mol. The standard InChI is InChI=1S/C19H20N4O2S/c1-4-23-17(15-9-7-6-8-13(15)3)21-22-19(23)26-16-11-10-14(12-20-16)18(24)25-5-2/h6-12H,4-5H2,1-3H3. The molecule has 0 spiro atoms. The predicted molar refractivity (Wildman–Crippen MR) is 100 cm³/mol. The van der Waals surface area contributed by atoms with Crippen LogP contribution >= 0.6 is 11.8 Å². The maximum Gasteiger partial charge on any atom is 0.339 e. The molecule has 0 N–H and O–H groups in total. The number of carbonyl (C=O) groups is 1. The van der Waals surface area contributed by atoms with E-state index in [9.17, 15) is 4.79 Å². The van der Waals surface area contributed by atoms with Gasteiger partial charge in [0.25, 0.3) is 0 Å².